The van der Waals surface area contributed by atoms with E-state index in [0.29, 0.717) is 31.6 Å². The Morgan fingerprint density at radius 3 is 2.59 bits per heavy atom. The molecule has 29 heavy (non-hydrogen) atoms. The molecular weight excluding hydrogens is 372 g/mol. The number of nitrogens with zero attached hydrogens (tertiary/aromatic N) is 3. The van der Waals surface area contributed by atoms with Crippen LogP contribution in [0.4, 0.5) is 5.69 Å². The molecular formula is C21H26N4O4. The smallest absolute Gasteiger partial charge is 0.338 e. The highest BCUT2D eigenvalue weighted by molar-refractivity contribution is 5.96. The van der Waals surface area contributed by atoms with Gasteiger partial charge in [-0.05, 0) is 57.0 Å². The molecule has 8 nitrogen and oxygen atoms in total. The van der Waals surface area contributed by atoms with Gasteiger partial charge in [-0.1, -0.05) is 0 Å². The van der Waals surface area contributed by atoms with E-state index in [1.54, 1.807) is 29.2 Å². The summed E-state index contributed by atoms with van der Waals surface area (Å²) in [6.45, 7) is 5.50. The van der Waals surface area contributed by atoms with Crippen LogP contribution in [0.2, 0.25) is 0 Å². The minimum atomic E-state index is -0.568. The van der Waals surface area contributed by atoms with Crippen LogP contribution >= 0.6 is 0 Å². The van der Waals surface area contributed by atoms with E-state index in [4.69, 9.17) is 4.74 Å². The van der Waals surface area contributed by atoms with Gasteiger partial charge in [0.05, 0.1) is 11.3 Å². The molecule has 1 aromatic heterocycles. The van der Waals surface area contributed by atoms with Gasteiger partial charge >= 0.3 is 5.97 Å². The van der Waals surface area contributed by atoms with E-state index in [2.05, 4.69) is 10.4 Å². The maximum absolute atomic E-state index is 12.1. The van der Waals surface area contributed by atoms with Crippen LogP contribution in [0.1, 0.15) is 41.0 Å². The predicted octanol–water partition coefficient (Wildman–Crippen LogP) is 1.99. The average molecular weight is 398 g/mol. The summed E-state index contributed by atoms with van der Waals surface area (Å²) >= 11 is 0. The first-order valence-corrected chi connectivity index (χ1v) is 9.79. The Kier molecular flexibility index (Phi) is 6.64. The number of ether oxygens (including phenoxy) is 1. The van der Waals surface area contributed by atoms with E-state index in [0.717, 1.165) is 29.9 Å². The number of esters is 1. The second kappa shape index (κ2) is 9.36. The van der Waals surface area contributed by atoms with Gasteiger partial charge in [-0.25, -0.2) is 4.79 Å². The fraction of sp³-hybridized carbons (Fsp3) is 0.429. The lowest BCUT2D eigenvalue weighted by Crippen LogP contribution is -2.30. The number of benzene rings is 1. The highest BCUT2D eigenvalue weighted by atomic mass is 16.5. The number of nitrogens with one attached hydrogen (secondary N) is 1. The SMILES string of the molecule is Cc1cc(C)n(CCCNC(=O)COC(=O)c2ccc(N3CCCC3=O)cc2)n1. The Morgan fingerprint density at radius 1 is 1.21 bits per heavy atom. The molecule has 0 aliphatic carbocycles. The van der Waals surface area contributed by atoms with Crippen molar-refractivity contribution in [2.24, 2.45) is 0 Å². The van der Waals surface area contributed by atoms with Crippen molar-refractivity contribution in [1.29, 1.82) is 0 Å². The van der Waals surface area contributed by atoms with Crippen LogP contribution < -0.4 is 10.2 Å². The number of anilines is 1. The van der Waals surface area contributed by atoms with Crippen LogP contribution in [-0.2, 0) is 20.9 Å². The average Bonchev–Trinajstić information content (AvgIpc) is 3.27. The molecule has 1 aliphatic heterocycles. The summed E-state index contributed by atoms with van der Waals surface area (Å²) in [5.74, 6) is -0.817. The Bertz CT molecular complexity index is 889. The minimum Gasteiger partial charge on any atom is -0.452 e. The fourth-order valence-electron chi connectivity index (χ4n) is 3.32. The number of carbonyl (C=O) groups is 3. The van der Waals surface area contributed by atoms with Gasteiger partial charge in [0.1, 0.15) is 0 Å². The summed E-state index contributed by atoms with van der Waals surface area (Å²) in [5.41, 5.74) is 3.17. The van der Waals surface area contributed by atoms with E-state index >= 15 is 0 Å². The van der Waals surface area contributed by atoms with Gasteiger partial charge in [0.25, 0.3) is 5.91 Å². The lowest BCUT2D eigenvalue weighted by Gasteiger charge is -2.15. The van der Waals surface area contributed by atoms with Crippen LogP contribution in [-0.4, -0.2) is 47.3 Å². The number of hydrogen-bond donors (Lipinski definition) is 1. The zero-order valence-electron chi connectivity index (χ0n) is 16.8. The summed E-state index contributed by atoms with van der Waals surface area (Å²) < 4.78 is 6.97. The zero-order valence-corrected chi connectivity index (χ0v) is 16.8. The largest absolute Gasteiger partial charge is 0.452 e. The van der Waals surface area contributed by atoms with E-state index in [-0.39, 0.29) is 18.4 Å². The van der Waals surface area contributed by atoms with E-state index in [1.807, 2.05) is 24.6 Å². The van der Waals surface area contributed by atoms with Crippen molar-refractivity contribution in [1.82, 2.24) is 15.1 Å². The van der Waals surface area contributed by atoms with Gasteiger partial charge in [-0.3, -0.25) is 14.3 Å². The molecule has 2 amide bonds. The minimum absolute atomic E-state index is 0.0925. The van der Waals surface area contributed by atoms with Gasteiger partial charge in [0, 0.05) is 37.4 Å². The Labute approximate surface area is 169 Å². The highest BCUT2D eigenvalue weighted by Gasteiger charge is 2.21. The monoisotopic (exact) mass is 398 g/mol. The number of aryl methyl sites for hydroxylation is 3. The molecule has 3 rings (SSSR count). The molecule has 2 aromatic rings. The summed E-state index contributed by atoms with van der Waals surface area (Å²) in [6, 6.07) is 8.66. The van der Waals surface area contributed by atoms with Crippen LogP contribution in [0.25, 0.3) is 0 Å². The molecule has 0 atom stereocenters. The molecule has 1 N–H and O–H groups in total. The maximum Gasteiger partial charge on any atom is 0.338 e. The van der Waals surface area contributed by atoms with Crippen LogP contribution in [0.3, 0.4) is 0 Å². The topological polar surface area (TPSA) is 93.5 Å². The van der Waals surface area contributed by atoms with Crippen molar-refractivity contribution in [3.63, 3.8) is 0 Å². The van der Waals surface area contributed by atoms with Crippen molar-refractivity contribution in [2.75, 3.05) is 24.6 Å². The number of carbonyl (C=O) groups excluding carboxylic acids is 3. The van der Waals surface area contributed by atoms with Crippen LogP contribution in [0.15, 0.2) is 30.3 Å². The molecule has 2 heterocycles. The first-order chi connectivity index (χ1) is 13.9. The number of rotatable bonds is 8. The summed E-state index contributed by atoms with van der Waals surface area (Å²) in [7, 11) is 0. The highest BCUT2D eigenvalue weighted by Crippen LogP contribution is 2.21. The molecule has 0 saturated carbocycles. The number of hydrogen-bond acceptors (Lipinski definition) is 5. The molecule has 1 fully saturated rings. The Hall–Kier alpha value is -3.16. The zero-order chi connectivity index (χ0) is 20.8. The first kappa shape index (κ1) is 20.6. The van der Waals surface area contributed by atoms with Crippen molar-refractivity contribution < 1.29 is 19.1 Å². The van der Waals surface area contributed by atoms with E-state index in [1.165, 1.54) is 0 Å². The van der Waals surface area contributed by atoms with E-state index < -0.39 is 5.97 Å². The standard InChI is InChI=1S/C21H26N4O4/c1-15-13-16(2)25(23-15)12-4-10-22-19(26)14-29-21(28)17-6-8-18(9-7-17)24-11-3-5-20(24)27/h6-9,13H,3-5,10-12,14H2,1-2H3,(H,22,26). The first-order valence-electron chi connectivity index (χ1n) is 9.79. The predicted molar refractivity (Wildman–Crippen MR) is 108 cm³/mol. The second-order valence-corrected chi connectivity index (χ2v) is 7.13. The molecule has 154 valence electrons. The number of amides is 2. The van der Waals surface area contributed by atoms with Crippen molar-refractivity contribution in [3.05, 3.63) is 47.3 Å². The molecule has 1 aliphatic rings. The normalized spacial score (nSPS) is 13.6. The van der Waals surface area contributed by atoms with Gasteiger partial charge in [0.2, 0.25) is 5.91 Å². The third-order valence-electron chi connectivity index (χ3n) is 4.79. The van der Waals surface area contributed by atoms with Crippen molar-refractivity contribution >= 4 is 23.5 Å². The maximum atomic E-state index is 12.1. The molecule has 0 unspecified atom stereocenters. The van der Waals surface area contributed by atoms with Crippen molar-refractivity contribution in [3.8, 4) is 0 Å². The lowest BCUT2D eigenvalue weighted by atomic mass is 10.2. The van der Waals surface area contributed by atoms with Gasteiger partial charge in [0.15, 0.2) is 6.61 Å². The van der Waals surface area contributed by atoms with Crippen LogP contribution in [0.5, 0.6) is 0 Å². The fourth-order valence-corrected chi connectivity index (χ4v) is 3.32. The Morgan fingerprint density at radius 2 is 1.97 bits per heavy atom. The van der Waals surface area contributed by atoms with Gasteiger partial charge < -0.3 is 15.0 Å². The summed E-state index contributed by atoms with van der Waals surface area (Å²) in [4.78, 5) is 37.4. The third kappa shape index (κ3) is 5.43. The number of aromatic nitrogens is 2. The van der Waals surface area contributed by atoms with Gasteiger partial charge in [-0.15, -0.1) is 0 Å². The summed E-state index contributed by atoms with van der Waals surface area (Å²) in [5, 5.41) is 7.10. The van der Waals surface area contributed by atoms with Crippen LogP contribution in [0, 0.1) is 13.8 Å². The molecule has 1 aromatic carbocycles. The second-order valence-electron chi connectivity index (χ2n) is 7.13. The van der Waals surface area contributed by atoms with Crippen molar-refractivity contribution in [2.45, 2.75) is 39.7 Å². The van der Waals surface area contributed by atoms with E-state index in [9.17, 15) is 14.4 Å². The molecule has 8 heteroatoms. The third-order valence-corrected chi connectivity index (χ3v) is 4.79. The molecule has 0 radical (unpaired) electrons. The molecule has 1 saturated heterocycles. The lowest BCUT2D eigenvalue weighted by molar-refractivity contribution is -0.124. The quantitative estimate of drug-likeness (QED) is 0.542. The molecule has 0 spiro atoms. The van der Waals surface area contributed by atoms with Gasteiger partial charge in [-0.2, -0.15) is 5.10 Å². The Balaban J connectivity index is 1.37. The molecule has 0 bridgehead atoms. The summed E-state index contributed by atoms with van der Waals surface area (Å²) in [6.07, 6.45) is 2.14.